The molecule has 0 aliphatic heterocycles. The maximum atomic E-state index is 12.4. The van der Waals surface area contributed by atoms with Gasteiger partial charge in [0.15, 0.2) is 6.29 Å². The Kier molecular flexibility index (Phi) is 9.90. The van der Waals surface area contributed by atoms with Crippen molar-refractivity contribution < 1.29 is 24.9 Å². The van der Waals surface area contributed by atoms with Gasteiger partial charge in [-0.25, -0.2) is 0 Å². The number of aryl methyl sites for hydroxylation is 1. The molecule has 1 aromatic heterocycles. The summed E-state index contributed by atoms with van der Waals surface area (Å²) in [5.74, 6) is -1.37. The maximum Gasteiger partial charge on any atom is 0.227 e. The van der Waals surface area contributed by atoms with Crippen molar-refractivity contribution >= 4 is 39.5 Å². The van der Waals surface area contributed by atoms with Crippen molar-refractivity contribution in [2.45, 2.75) is 63.3 Å². The van der Waals surface area contributed by atoms with E-state index >= 15 is 0 Å². The van der Waals surface area contributed by atoms with Crippen molar-refractivity contribution in [3.63, 3.8) is 0 Å². The Morgan fingerprint density at radius 3 is 2.80 bits per heavy atom. The van der Waals surface area contributed by atoms with Crippen LogP contribution >= 0.6 is 27.3 Å². The number of halogens is 1. The highest BCUT2D eigenvalue weighted by molar-refractivity contribution is 9.11. The summed E-state index contributed by atoms with van der Waals surface area (Å²) in [5.41, 5.74) is 4.36. The number of carbonyl (C=O) groups excluding carboxylic acids is 2. The lowest BCUT2D eigenvalue weighted by atomic mass is 9.72. The van der Waals surface area contributed by atoms with Gasteiger partial charge in [-0.15, -0.1) is 11.3 Å². The summed E-state index contributed by atoms with van der Waals surface area (Å²) >= 11 is 5.03. The van der Waals surface area contributed by atoms with E-state index in [9.17, 15) is 24.9 Å². The standard InChI is InChI=1S/C22H29BrNO5S/c23-20-11-9-16(30-20)8-6-15(26)7-10-17-18(27)14-19(28)22(17,21(24)29)12-4-2-1-3-5-13-25/h2,4,7,9-11,15,17-19,26-28H,1,3,5-6,8,12,14H2,(H2,24,29)/b4-2-,10-7+/t15-,17-,18+,19-,22+/m0/s1. The summed E-state index contributed by atoms with van der Waals surface area (Å²) in [5, 5.41) is 31.4. The number of nitrogens with two attached hydrogens (primary N) is 1. The highest BCUT2D eigenvalue weighted by Crippen LogP contribution is 2.47. The van der Waals surface area contributed by atoms with E-state index in [-0.39, 0.29) is 12.8 Å². The van der Waals surface area contributed by atoms with Gasteiger partial charge in [-0.3, -0.25) is 9.59 Å². The molecule has 1 aliphatic rings. The lowest BCUT2D eigenvalue weighted by Gasteiger charge is -2.33. The van der Waals surface area contributed by atoms with Crippen LogP contribution in [0.25, 0.3) is 0 Å². The van der Waals surface area contributed by atoms with Crippen LogP contribution in [0, 0.1) is 11.3 Å². The van der Waals surface area contributed by atoms with Gasteiger partial charge in [-0.2, -0.15) is 0 Å². The molecule has 8 heteroatoms. The predicted molar refractivity (Wildman–Crippen MR) is 121 cm³/mol. The first kappa shape index (κ1) is 24.9. The zero-order valence-electron chi connectivity index (χ0n) is 16.7. The van der Waals surface area contributed by atoms with E-state index in [1.807, 2.05) is 24.5 Å². The first-order chi connectivity index (χ1) is 14.3. The number of unbranched alkanes of at least 4 members (excludes halogenated alkanes) is 2. The van der Waals surface area contributed by atoms with Gasteiger partial charge in [-0.05, 0) is 60.2 Å². The average Bonchev–Trinajstić information content (AvgIpc) is 3.22. The van der Waals surface area contributed by atoms with Crippen LogP contribution in [0.4, 0.5) is 0 Å². The summed E-state index contributed by atoms with van der Waals surface area (Å²) in [7, 11) is 0. The smallest absolute Gasteiger partial charge is 0.227 e. The predicted octanol–water partition coefficient (Wildman–Crippen LogP) is 2.80. The van der Waals surface area contributed by atoms with Gasteiger partial charge in [0.1, 0.15) is 0 Å². The summed E-state index contributed by atoms with van der Waals surface area (Å²) in [6.45, 7) is 0. The fourth-order valence-corrected chi connectivity index (χ4v) is 5.46. The summed E-state index contributed by atoms with van der Waals surface area (Å²) < 4.78 is 1.04. The molecule has 0 spiro atoms. The Labute approximate surface area is 189 Å². The molecule has 0 saturated heterocycles. The van der Waals surface area contributed by atoms with Gasteiger partial charge in [0.05, 0.1) is 27.5 Å². The van der Waals surface area contributed by atoms with E-state index in [0.717, 1.165) is 8.66 Å². The number of amides is 1. The van der Waals surface area contributed by atoms with Crippen LogP contribution in [-0.4, -0.2) is 45.8 Å². The van der Waals surface area contributed by atoms with Crippen molar-refractivity contribution in [3.05, 3.63) is 45.1 Å². The van der Waals surface area contributed by atoms with Gasteiger partial charge in [-0.1, -0.05) is 24.3 Å². The Bertz CT molecular complexity index is 764. The van der Waals surface area contributed by atoms with E-state index in [1.165, 1.54) is 0 Å². The van der Waals surface area contributed by atoms with E-state index in [2.05, 4.69) is 15.9 Å². The molecule has 1 saturated carbocycles. The molecule has 1 aromatic rings. The molecule has 165 valence electrons. The lowest BCUT2D eigenvalue weighted by Crippen LogP contribution is -2.47. The Morgan fingerprint density at radius 1 is 1.40 bits per heavy atom. The van der Waals surface area contributed by atoms with Crippen molar-refractivity contribution in [1.29, 1.82) is 0 Å². The second kappa shape index (κ2) is 11.9. The number of aliphatic hydroxyl groups is 3. The first-order valence-electron chi connectivity index (χ1n) is 10.1. The SMILES string of the molecule is NC(=O)[C@@]1(C/C=C\CCC[C]=O)[C@@H](O)C[C@@H](O)[C@@H]1/C=C/[C@@H](O)CCc1ccc(Br)s1. The number of hydrogen-bond acceptors (Lipinski definition) is 6. The Morgan fingerprint density at radius 2 is 2.17 bits per heavy atom. The fraction of sp³-hybridized carbons (Fsp3) is 0.545. The molecule has 0 unspecified atom stereocenters. The molecule has 2 rings (SSSR count). The quantitative estimate of drug-likeness (QED) is 0.260. The Balaban J connectivity index is 2.06. The van der Waals surface area contributed by atoms with Crippen LogP contribution < -0.4 is 5.73 Å². The minimum absolute atomic E-state index is 0.0468. The number of aliphatic hydroxyl groups excluding tert-OH is 3. The van der Waals surface area contributed by atoms with Crippen LogP contribution in [0.3, 0.4) is 0 Å². The zero-order chi connectivity index (χ0) is 22.1. The van der Waals surface area contributed by atoms with Crippen molar-refractivity contribution in [3.8, 4) is 0 Å². The molecule has 1 amide bonds. The van der Waals surface area contributed by atoms with Gasteiger partial charge >= 0.3 is 0 Å². The number of allylic oxidation sites excluding steroid dienone is 2. The number of carbonyl (C=O) groups is 1. The molecule has 1 aliphatic carbocycles. The van der Waals surface area contributed by atoms with E-state index in [1.54, 1.807) is 29.6 Å². The summed E-state index contributed by atoms with van der Waals surface area (Å²) in [6.07, 6.45) is 8.99. The summed E-state index contributed by atoms with van der Waals surface area (Å²) in [6, 6.07) is 3.96. The second-order valence-corrected chi connectivity index (χ2v) is 10.2. The Hall–Kier alpha value is -1.32. The molecule has 5 N–H and O–H groups in total. The molecule has 0 aromatic carbocycles. The first-order valence-corrected chi connectivity index (χ1v) is 11.7. The molecule has 1 heterocycles. The lowest BCUT2D eigenvalue weighted by molar-refractivity contribution is -0.135. The highest BCUT2D eigenvalue weighted by Gasteiger charge is 2.56. The molecular weight excluding hydrogens is 470 g/mol. The maximum absolute atomic E-state index is 12.4. The number of hydrogen-bond donors (Lipinski definition) is 4. The van der Waals surface area contributed by atoms with Crippen LogP contribution in [0.2, 0.25) is 0 Å². The molecule has 1 fully saturated rings. The molecular formula is C22H29BrNO5S. The van der Waals surface area contributed by atoms with Crippen LogP contribution in [0.5, 0.6) is 0 Å². The zero-order valence-corrected chi connectivity index (χ0v) is 19.1. The third-order valence-corrected chi connectivity index (χ3v) is 7.34. The second-order valence-electron chi connectivity index (χ2n) is 7.66. The molecule has 1 radical (unpaired) electrons. The van der Waals surface area contributed by atoms with E-state index in [4.69, 9.17) is 5.73 Å². The van der Waals surface area contributed by atoms with Crippen molar-refractivity contribution in [1.82, 2.24) is 0 Å². The van der Waals surface area contributed by atoms with E-state index in [0.29, 0.717) is 32.1 Å². The van der Waals surface area contributed by atoms with Crippen LogP contribution in [0.15, 0.2) is 40.2 Å². The fourth-order valence-electron chi connectivity index (χ4n) is 3.96. The third kappa shape index (κ3) is 6.34. The molecule has 0 bridgehead atoms. The van der Waals surface area contributed by atoms with Crippen molar-refractivity contribution in [2.24, 2.45) is 17.1 Å². The third-order valence-electron chi connectivity index (χ3n) is 5.66. The van der Waals surface area contributed by atoms with Gasteiger partial charge in [0.2, 0.25) is 5.91 Å². The van der Waals surface area contributed by atoms with Gasteiger partial charge in [0.25, 0.3) is 0 Å². The van der Waals surface area contributed by atoms with Crippen LogP contribution in [0.1, 0.15) is 43.4 Å². The summed E-state index contributed by atoms with van der Waals surface area (Å²) in [4.78, 5) is 23.8. The largest absolute Gasteiger partial charge is 0.392 e. The average molecular weight is 499 g/mol. The number of rotatable bonds is 12. The highest BCUT2D eigenvalue weighted by atomic mass is 79.9. The monoisotopic (exact) mass is 498 g/mol. The topological polar surface area (TPSA) is 121 Å². The van der Waals surface area contributed by atoms with Gasteiger partial charge < -0.3 is 21.1 Å². The minimum atomic E-state index is -1.33. The normalized spacial score (nSPS) is 27.8. The number of primary amides is 1. The minimum Gasteiger partial charge on any atom is -0.392 e. The number of thiophene rings is 1. The van der Waals surface area contributed by atoms with Crippen LogP contribution in [-0.2, 0) is 16.0 Å². The molecule has 30 heavy (non-hydrogen) atoms. The van der Waals surface area contributed by atoms with Crippen molar-refractivity contribution in [2.75, 3.05) is 0 Å². The molecule has 5 atom stereocenters. The molecule has 6 nitrogen and oxygen atoms in total. The van der Waals surface area contributed by atoms with E-state index < -0.39 is 35.6 Å². The van der Waals surface area contributed by atoms with Gasteiger partial charge in [0, 0.05) is 23.6 Å².